The minimum atomic E-state index is -0.452. The van der Waals surface area contributed by atoms with Crippen LogP contribution in [0.15, 0.2) is 174 Å². The van der Waals surface area contributed by atoms with Crippen LogP contribution in [-0.2, 0) is 0 Å². The fourth-order valence-corrected chi connectivity index (χ4v) is 6.52. The summed E-state index contributed by atoms with van der Waals surface area (Å²) in [6, 6.07) is 31.3. The summed E-state index contributed by atoms with van der Waals surface area (Å²) < 4.78 is 90.3. The van der Waals surface area contributed by atoms with Crippen LogP contribution in [0.5, 0.6) is 0 Å². The molecule has 0 unspecified atom stereocenters. The monoisotopic (exact) mass is 582 g/mol. The molecule has 45 heavy (non-hydrogen) atoms. The summed E-state index contributed by atoms with van der Waals surface area (Å²) >= 11 is 0. The van der Waals surface area contributed by atoms with Crippen molar-refractivity contribution in [2.75, 3.05) is 0 Å². The molecule has 0 amide bonds. The number of fused-ring (bicyclic) bond motifs is 5. The third-order valence-corrected chi connectivity index (χ3v) is 8.43. The zero-order valence-electron chi connectivity index (χ0n) is 33.8. The van der Waals surface area contributed by atoms with Gasteiger partial charge in [-0.3, -0.25) is 0 Å². The number of hydrogen-bond acceptors (Lipinski definition) is 1. The molecule has 0 bridgehead atoms. The molecule has 8 aromatic carbocycles. The second-order valence-corrected chi connectivity index (χ2v) is 10.9. The molecule has 9 rings (SSSR count). The summed E-state index contributed by atoms with van der Waals surface area (Å²) in [7, 11) is 0. The molecule has 0 aliphatic rings. The van der Waals surface area contributed by atoms with Gasteiger partial charge >= 0.3 is 0 Å². The van der Waals surface area contributed by atoms with Gasteiger partial charge in [0.2, 0.25) is 0 Å². The van der Waals surface area contributed by atoms with Gasteiger partial charge in [0.1, 0.15) is 11.2 Å². The second kappa shape index (κ2) is 10.4. The number of benzene rings is 8. The fraction of sp³-hybridized carbons (Fsp3) is 0. The van der Waals surface area contributed by atoms with E-state index in [0.29, 0.717) is 22.3 Å². The van der Waals surface area contributed by atoms with Crippen LogP contribution in [0.2, 0.25) is 0 Å². The van der Waals surface area contributed by atoms with Gasteiger partial charge in [-0.05, 0) is 90.3 Å². The lowest BCUT2D eigenvalue weighted by Crippen LogP contribution is -1.92. The van der Waals surface area contributed by atoms with Crippen molar-refractivity contribution in [3.8, 4) is 44.5 Å². The maximum atomic E-state index is 8.75. The van der Waals surface area contributed by atoms with Crippen LogP contribution < -0.4 is 0 Å². The van der Waals surface area contributed by atoms with Gasteiger partial charge in [0.15, 0.2) is 0 Å². The Morgan fingerprint density at radius 3 is 1.69 bits per heavy atom. The lowest BCUT2D eigenvalue weighted by molar-refractivity contribution is 0.669. The zero-order valence-corrected chi connectivity index (χ0v) is 23.8. The van der Waals surface area contributed by atoms with Gasteiger partial charge in [-0.1, -0.05) is 145 Å². The Kier molecular flexibility index (Phi) is 4.01. The van der Waals surface area contributed by atoms with Crippen molar-refractivity contribution in [3.63, 3.8) is 0 Å². The minimum absolute atomic E-state index is 0.0944. The molecule has 210 valence electrons. The molecular weight excluding hydrogens is 544 g/mol. The Morgan fingerprint density at radius 1 is 0.378 bits per heavy atom. The van der Waals surface area contributed by atoms with E-state index in [2.05, 4.69) is 12.1 Å². The van der Waals surface area contributed by atoms with Gasteiger partial charge in [0.05, 0.1) is 13.7 Å². The molecule has 9 aromatic rings. The normalized spacial score (nSPS) is 14.7. The topological polar surface area (TPSA) is 13.1 Å². The van der Waals surface area contributed by atoms with E-state index in [1.807, 2.05) is 84.9 Å². The van der Waals surface area contributed by atoms with Gasteiger partial charge in [-0.2, -0.15) is 0 Å². The molecule has 0 aliphatic carbocycles. The summed E-state index contributed by atoms with van der Waals surface area (Å²) in [6.45, 7) is 0. The van der Waals surface area contributed by atoms with Crippen LogP contribution in [0.3, 0.4) is 0 Å². The van der Waals surface area contributed by atoms with E-state index in [0.717, 1.165) is 54.6 Å². The van der Waals surface area contributed by atoms with Gasteiger partial charge < -0.3 is 4.42 Å². The predicted molar refractivity (Wildman–Crippen MR) is 190 cm³/mol. The molecule has 0 saturated heterocycles. The van der Waals surface area contributed by atoms with Crippen molar-refractivity contribution < 1.29 is 18.1 Å². The minimum Gasteiger partial charge on any atom is -0.456 e. The predicted octanol–water partition coefficient (Wildman–Crippen LogP) is 12.6. The van der Waals surface area contributed by atoms with Crippen LogP contribution in [0.4, 0.5) is 0 Å². The molecule has 0 atom stereocenters. The molecule has 1 heterocycles. The Balaban J connectivity index is 1.37. The highest BCUT2D eigenvalue weighted by molar-refractivity contribution is 6.26. The molecule has 0 aliphatic heterocycles. The van der Waals surface area contributed by atoms with Crippen molar-refractivity contribution in [1.82, 2.24) is 0 Å². The molecule has 0 radical (unpaired) electrons. The average molecular weight is 583 g/mol. The average Bonchev–Trinajstić information content (AvgIpc) is 3.58. The van der Waals surface area contributed by atoms with Crippen LogP contribution in [-0.4, -0.2) is 0 Å². The molecular formula is C44H28O. The highest BCUT2D eigenvalue weighted by Crippen LogP contribution is 2.47. The first-order chi connectivity index (χ1) is 26.5. The lowest BCUT2D eigenvalue weighted by Gasteiger charge is -2.19. The first-order valence-corrected chi connectivity index (χ1v) is 14.6. The molecule has 1 heteroatoms. The van der Waals surface area contributed by atoms with Gasteiger partial charge in [0.25, 0.3) is 0 Å². The van der Waals surface area contributed by atoms with Crippen molar-refractivity contribution in [2.24, 2.45) is 0 Å². The summed E-state index contributed by atoms with van der Waals surface area (Å²) in [5, 5.41) is 5.26. The standard InChI is InChI=1S/C44H28O/c1-4-13-29(14-5-1)32-23-25-36-39(27-32)42(31-17-8-3-9-18-31)34-19-10-11-20-35(34)43(36)38-21-12-22-40-44(38)37-26-24-33(28-41(37)45-40)30-15-6-2-7-16-30/h1-28H/i1D,2D,4D,5D,6D,7D,13D,14D,15D,16D. The maximum Gasteiger partial charge on any atom is 0.136 e. The van der Waals surface area contributed by atoms with E-state index in [1.54, 1.807) is 12.1 Å². The molecule has 0 N–H and O–H groups in total. The van der Waals surface area contributed by atoms with Crippen molar-refractivity contribution >= 4 is 43.5 Å². The fourth-order valence-electron chi connectivity index (χ4n) is 6.52. The second-order valence-electron chi connectivity index (χ2n) is 10.9. The quantitative estimate of drug-likeness (QED) is 0.188. The first kappa shape index (κ1) is 17.4. The highest BCUT2D eigenvalue weighted by Gasteiger charge is 2.21. The molecule has 0 saturated carbocycles. The Bertz CT molecular complexity index is 3040. The largest absolute Gasteiger partial charge is 0.456 e. The van der Waals surface area contributed by atoms with E-state index in [1.165, 1.54) is 0 Å². The third-order valence-electron chi connectivity index (χ3n) is 8.43. The van der Waals surface area contributed by atoms with Gasteiger partial charge in [-0.15, -0.1) is 0 Å². The SMILES string of the molecule is [2H]c1c([2H])c([2H])c(-c2ccc3c(c2)oc2cccc(-c4c5ccccc5c(-c5ccccc5)c5cc(-c6c([2H])c([2H])c([2H])c([2H])c6[2H])ccc45)c23)c([2H])c1[2H]. The Labute approximate surface area is 275 Å². The van der Waals surface area contributed by atoms with E-state index in [4.69, 9.17) is 18.1 Å². The van der Waals surface area contributed by atoms with Crippen molar-refractivity contribution in [3.05, 3.63) is 170 Å². The number of furan rings is 1. The first-order valence-electron chi connectivity index (χ1n) is 19.6. The smallest absolute Gasteiger partial charge is 0.136 e. The molecule has 1 aromatic heterocycles. The van der Waals surface area contributed by atoms with Crippen LogP contribution in [0.1, 0.15) is 13.7 Å². The summed E-state index contributed by atoms with van der Waals surface area (Å²) in [4.78, 5) is 0. The van der Waals surface area contributed by atoms with E-state index in [9.17, 15) is 0 Å². The number of hydrogen-bond donors (Lipinski definition) is 0. The van der Waals surface area contributed by atoms with Gasteiger partial charge in [0, 0.05) is 10.8 Å². The lowest BCUT2D eigenvalue weighted by atomic mass is 9.84. The number of rotatable bonds is 4. The van der Waals surface area contributed by atoms with E-state index < -0.39 is 36.3 Å². The highest BCUT2D eigenvalue weighted by atomic mass is 16.3. The van der Waals surface area contributed by atoms with Crippen molar-refractivity contribution in [1.29, 1.82) is 0 Å². The summed E-state index contributed by atoms with van der Waals surface area (Å²) in [5.74, 6) is 0. The Morgan fingerprint density at radius 2 is 0.978 bits per heavy atom. The summed E-state index contributed by atoms with van der Waals surface area (Å²) in [5.41, 5.74) is 5.94. The van der Waals surface area contributed by atoms with Crippen molar-refractivity contribution in [2.45, 2.75) is 0 Å². The Hall–Kier alpha value is -5.92. The van der Waals surface area contributed by atoms with E-state index in [-0.39, 0.29) is 35.3 Å². The summed E-state index contributed by atoms with van der Waals surface area (Å²) in [6.07, 6.45) is 0. The van der Waals surface area contributed by atoms with Crippen LogP contribution in [0.25, 0.3) is 88.0 Å². The third kappa shape index (κ3) is 4.17. The maximum absolute atomic E-state index is 8.75. The molecule has 0 spiro atoms. The van der Waals surface area contributed by atoms with E-state index >= 15 is 0 Å². The van der Waals surface area contributed by atoms with Crippen LogP contribution >= 0.6 is 0 Å². The van der Waals surface area contributed by atoms with Crippen LogP contribution in [0, 0.1) is 0 Å². The molecule has 0 fully saturated rings. The molecule has 1 nitrogen and oxygen atoms in total. The van der Waals surface area contributed by atoms with Gasteiger partial charge in [-0.25, -0.2) is 0 Å². The zero-order chi connectivity index (χ0) is 38.4.